The zero-order valence-corrected chi connectivity index (χ0v) is 13.2. The number of Topliss-reactive ketones (excluding diaryl/α,β-unsaturated/α-hetero) is 1. The maximum absolute atomic E-state index is 13.6. The first kappa shape index (κ1) is 15.5. The predicted molar refractivity (Wildman–Crippen MR) is 83.1 cm³/mol. The minimum absolute atomic E-state index is 0.266. The number of aromatic nitrogens is 2. The van der Waals surface area contributed by atoms with E-state index in [0.29, 0.717) is 0 Å². The van der Waals surface area contributed by atoms with Crippen molar-refractivity contribution in [2.75, 3.05) is 6.61 Å². The van der Waals surface area contributed by atoms with E-state index in [-0.39, 0.29) is 11.4 Å². The fourth-order valence-corrected chi connectivity index (χ4v) is 3.17. The van der Waals surface area contributed by atoms with Gasteiger partial charge >= 0.3 is 0 Å². The number of nitrogens with zero attached hydrogens (tertiary/aromatic N) is 2. The Bertz CT molecular complexity index is 908. The lowest BCUT2D eigenvalue weighted by molar-refractivity contribution is 0.0914. The Kier molecular flexibility index (Phi) is 4.04. The number of thiophene rings is 1. The second-order valence-corrected chi connectivity index (χ2v) is 6.18. The number of carbonyl (C=O) groups is 1. The van der Waals surface area contributed by atoms with E-state index in [9.17, 15) is 13.6 Å². The van der Waals surface area contributed by atoms with Crippen LogP contribution >= 0.6 is 11.3 Å². The van der Waals surface area contributed by atoms with E-state index < -0.39 is 24.0 Å². The van der Waals surface area contributed by atoms with Crippen molar-refractivity contribution in [3.05, 3.63) is 52.2 Å². The standard InChI is InChI=1S/C16H12F2N2O2S/c1-8-9(2)23-16-14(8)15(19-7-20-16)22-6-13(21)11-5-10(17)3-4-12(11)18/h3-5,7H,6H2,1-2H3. The Morgan fingerprint density at radius 1 is 1.26 bits per heavy atom. The Morgan fingerprint density at radius 2 is 2.04 bits per heavy atom. The van der Waals surface area contributed by atoms with Crippen molar-refractivity contribution in [1.82, 2.24) is 9.97 Å². The van der Waals surface area contributed by atoms with E-state index in [2.05, 4.69) is 9.97 Å². The van der Waals surface area contributed by atoms with Gasteiger partial charge in [0.25, 0.3) is 0 Å². The molecule has 0 spiro atoms. The molecule has 0 radical (unpaired) electrons. The van der Waals surface area contributed by atoms with Crippen molar-refractivity contribution in [2.24, 2.45) is 0 Å². The largest absolute Gasteiger partial charge is 0.469 e. The van der Waals surface area contributed by atoms with Crippen LogP contribution in [0.15, 0.2) is 24.5 Å². The van der Waals surface area contributed by atoms with Crippen LogP contribution < -0.4 is 4.74 Å². The average molecular weight is 334 g/mol. The van der Waals surface area contributed by atoms with Crippen LogP contribution in [-0.2, 0) is 0 Å². The quantitative estimate of drug-likeness (QED) is 0.680. The number of ketones is 1. The zero-order chi connectivity index (χ0) is 16.6. The Balaban J connectivity index is 1.86. The molecule has 2 aromatic heterocycles. The van der Waals surface area contributed by atoms with Gasteiger partial charge in [0.15, 0.2) is 6.61 Å². The number of hydrogen-bond acceptors (Lipinski definition) is 5. The molecule has 0 N–H and O–H groups in total. The molecular weight excluding hydrogens is 322 g/mol. The Hall–Kier alpha value is -2.41. The van der Waals surface area contributed by atoms with Crippen molar-refractivity contribution >= 4 is 27.3 Å². The normalized spacial score (nSPS) is 11.0. The monoisotopic (exact) mass is 334 g/mol. The van der Waals surface area contributed by atoms with Gasteiger partial charge in [0.1, 0.15) is 22.8 Å². The van der Waals surface area contributed by atoms with Gasteiger partial charge in [0, 0.05) is 4.88 Å². The minimum Gasteiger partial charge on any atom is -0.469 e. The molecule has 4 nitrogen and oxygen atoms in total. The number of carbonyl (C=O) groups excluding carboxylic acids is 1. The van der Waals surface area contributed by atoms with Crippen LogP contribution in [0.2, 0.25) is 0 Å². The molecule has 1 aromatic carbocycles. The molecule has 7 heteroatoms. The predicted octanol–water partition coefficient (Wildman–Crippen LogP) is 3.85. The minimum atomic E-state index is -0.782. The molecule has 118 valence electrons. The van der Waals surface area contributed by atoms with E-state index in [1.165, 1.54) is 17.7 Å². The smallest absolute Gasteiger partial charge is 0.226 e. The molecular formula is C16H12F2N2O2S. The second-order valence-electron chi connectivity index (χ2n) is 4.98. The molecule has 0 aliphatic heterocycles. The number of fused-ring (bicyclic) bond motifs is 1. The van der Waals surface area contributed by atoms with Crippen LogP contribution in [-0.4, -0.2) is 22.4 Å². The molecule has 0 aliphatic rings. The van der Waals surface area contributed by atoms with Gasteiger partial charge in [0.05, 0.1) is 10.9 Å². The SMILES string of the molecule is Cc1sc2ncnc(OCC(=O)c3cc(F)ccc3F)c2c1C. The number of halogens is 2. The van der Waals surface area contributed by atoms with Crippen LogP contribution in [0.4, 0.5) is 8.78 Å². The maximum atomic E-state index is 13.6. The van der Waals surface area contributed by atoms with Crippen LogP contribution in [0.5, 0.6) is 5.88 Å². The van der Waals surface area contributed by atoms with Crippen LogP contribution in [0.25, 0.3) is 10.2 Å². The van der Waals surface area contributed by atoms with E-state index in [4.69, 9.17) is 4.74 Å². The van der Waals surface area contributed by atoms with Crippen LogP contribution in [0, 0.1) is 25.5 Å². The first-order valence-corrected chi connectivity index (χ1v) is 7.60. The third kappa shape index (κ3) is 2.92. The number of hydrogen-bond donors (Lipinski definition) is 0. The second kappa shape index (κ2) is 6.00. The molecule has 3 aromatic rings. The summed E-state index contributed by atoms with van der Waals surface area (Å²) in [5.41, 5.74) is 0.638. The van der Waals surface area contributed by atoms with E-state index in [1.807, 2.05) is 13.8 Å². The first-order chi connectivity index (χ1) is 11.0. The third-order valence-corrected chi connectivity index (χ3v) is 4.61. The van der Waals surface area contributed by atoms with Gasteiger partial charge in [-0.1, -0.05) is 0 Å². The summed E-state index contributed by atoms with van der Waals surface area (Å²) >= 11 is 1.50. The van der Waals surface area contributed by atoms with Gasteiger partial charge in [-0.25, -0.2) is 18.7 Å². The van der Waals surface area contributed by atoms with Crippen molar-refractivity contribution in [2.45, 2.75) is 13.8 Å². The highest BCUT2D eigenvalue weighted by molar-refractivity contribution is 7.18. The van der Waals surface area contributed by atoms with E-state index in [0.717, 1.165) is 38.9 Å². The molecule has 2 heterocycles. The highest BCUT2D eigenvalue weighted by Crippen LogP contribution is 2.33. The summed E-state index contributed by atoms with van der Waals surface area (Å²) in [6, 6.07) is 2.73. The third-order valence-electron chi connectivity index (χ3n) is 3.50. The van der Waals surface area contributed by atoms with Gasteiger partial charge in [0.2, 0.25) is 11.7 Å². The lowest BCUT2D eigenvalue weighted by Gasteiger charge is -2.07. The van der Waals surface area contributed by atoms with Crippen molar-refractivity contribution < 1.29 is 18.3 Å². The fraction of sp³-hybridized carbons (Fsp3) is 0.188. The highest BCUT2D eigenvalue weighted by Gasteiger charge is 2.17. The average Bonchev–Trinajstić information content (AvgIpc) is 2.82. The van der Waals surface area contributed by atoms with Gasteiger partial charge in [-0.15, -0.1) is 11.3 Å². The summed E-state index contributed by atoms with van der Waals surface area (Å²) in [5, 5.41) is 0.738. The molecule has 0 unspecified atom stereocenters. The first-order valence-electron chi connectivity index (χ1n) is 6.79. The van der Waals surface area contributed by atoms with Gasteiger partial charge < -0.3 is 4.74 Å². The van der Waals surface area contributed by atoms with E-state index >= 15 is 0 Å². The summed E-state index contributed by atoms with van der Waals surface area (Å²) < 4.78 is 32.2. The number of ether oxygens (including phenoxy) is 1. The fourth-order valence-electron chi connectivity index (χ4n) is 2.18. The van der Waals surface area contributed by atoms with E-state index in [1.54, 1.807) is 0 Å². The highest BCUT2D eigenvalue weighted by atomic mass is 32.1. The molecule has 0 atom stereocenters. The molecule has 0 saturated heterocycles. The van der Waals surface area contributed by atoms with Gasteiger partial charge in [-0.05, 0) is 37.6 Å². The van der Waals surface area contributed by atoms with Crippen LogP contribution in [0.1, 0.15) is 20.8 Å². The van der Waals surface area contributed by atoms with Crippen molar-refractivity contribution in [3.8, 4) is 5.88 Å². The molecule has 0 fully saturated rings. The summed E-state index contributed by atoms with van der Waals surface area (Å²) in [7, 11) is 0. The van der Waals surface area contributed by atoms with Gasteiger partial charge in [-0.3, -0.25) is 4.79 Å². The summed E-state index contributed by atoms with van der Waals surface area (Å²) in [5.74, 6) is -1.85. The maximum Gasteiger partial charge on any atom is 0.226 e. The molecule has 0 bridgehead atoms. The Morgan fingerprint density at radius 3 is 2.83 bits per heavy atom. The zero-order valence-electron chi connectivity index (χ0n) is 12.4. The van der Waals surface area contributed by atoms with Crippen LogP contribution in [0.3, 0.4) is 0 Å². The molecule has 23 heavy (non-hydrogen) atoms. The molecule has 0 aliphatic carbocycles. The lowest BCUT2D eigenvalue weighted by atomic mass is 10.1. The number of rotatable bonds is 4. The van der Waals surface area contributed by atoms with Gasteiger partial charge in [-0.2, -0.15) is 0 Å². The topological polar surface area (TPSA) is 52.1 Å². The van der Waals surface area contributed by atoms with Crippen molar-refractivity contribution in [3.63, 3.8) is 0 Å². The Labute approximate surface area is 134 Å². The molecule has 0 amide bonds. The summed E-state index contributed by atoms with van der Waals surface area (Å²) in [6.45, 7) is 3.44. The number of benzene rings is 1. The summed E-state index contributed by atoms with van der Waals surface area (Å²) in [4.78, 5) is 22.1. The molecule has 0 saturated carbocycles. The number of aryl methyl sites for hydroxylation is 2. The molecule has 3 rings (SSSR count). The lowest BCUT2D eigenvalue weighted by Crippen LogP contribution is -2.14. The van der Waals surface area contributed by atoms with Crippen molar-refractivity contribution in [1.29, 1.82) is 0 Å². The summed E-state index contributed by atoms with van der Waals surface area (Å²) in [6.07, 6.45) is 1.35.